The minimum Gasteiger partial charge on any atom is -0.452 e. The van der Waals surface area contributed by atoms with Crippen LogP contribution in [0.4, 0.5) is 5.69 Å². The van der Waals surface area contributed by atoms with E-state index in [2.05, 4.69) is 30.4 Å². The van der Waals surface area contributed by atoms with Crippen molar-refractivity contribution < 1.29 is 4.42 Å². The summed E-state index contributed by atoms with van der Waals surface area (Å²) in [5.41, 5.74) is 4.41. The standard InChI is InChI=1S/C20H20ClN3O/c1-24(2)11-5-10-22-18-14-6-3-4-7-16(14)23-19-15-12-13(21)8-9-17(15)25-20(18)19/h3-4,6-9,12H,5,10-11H2,1-2H3,(H,22,23). The predicted molar refractivity (Wildman–Crippen MR) is 106 cm³/mol. The van der Waals surface area contributed by atoms with Gasteiger partial charge in [-0.1, -0.05) is 29.8 Å². The number of hydrogen-bond donors (Lipinski definition) is 1. The minimum atomic E-state index is 0.686. The van der Waals surface area contributed by atoms with Crippen LogP contribution in [0.25, 0.3) is 33.0 Å². The molecule has 0 aliphatic rings. The van der Waals surface area contributed by atoms with Crippen molar-refractivity contribution in [3.05, 3.63) is 47.5 Å². The molecule has 4 nitrogen and oxygen atoms in total. The average Bonchev–Trinajstić information content (AvgIpc) is 2.95. The van der Waals surface area contributed by atoms with E-state index in [4.69, 9.17) is 21.0 Å². The molecule has 0 fully saturated rings. The maximum Gasteiger partial charge on any atom is 0.177 e. The van der Waals surface area contributed by atoms with Crippen LogP contribution in [0.1, 0.15) is 6.42 Å². The van der Waals surface area contributed by atoms with Gasteiger partial charge in [0, 0.05) is 22.3 Å². The first-order valence-corrected chi connectivity index (χ1v) is 8.80. The third kappa shape index (κ3) is 3.03. The molecule has 0 atom stereocenters. The highest BCUT2D eigenvalue weighted by Crippen LogP contribution is 2.37. The molecule has 4 aromatic rings. The Morgan fingerprint density at radius 2 is 1.96 bits per heavy atom. The summed E-state index contributed by atoms with van der Waals surface area (Å²) in [7, 11) is 4.17. The van der Waals surface area contributed by atoms with Crippen LogP contribution < -0.4 is 5.32 Å². The number of fused-ring (bicyclic) bond motifs is 4. The van der Waals surface area contributed by atoms with E-state index in [0.717, 1.165) is 58.2 Å². The third-order valence-electron chi connectivity index (χ3n) is 4.34. The van der Waals surface area contributed by atoms with E-state index in [1.165, 1.54) is 0 Å². The molecule has 2 aromatic carbocycles. The Morgan fingerprint density at radius 3 is 2.80 bits per heavy atom. The van der Waals surface area contributed by atoms with Gasteiger partial charge in [0.15, 0.2) is 5.58 Å². The first kappa shape index (κ1) is 16.2. The Balaban J connectivity index is 1.88. The Kier molecular flexibility index (Phi) is 4.24. The summed E-state index contributed by atoms with van der Waals surface area (Å²) < 4.78 is 6.13. The average molecular weight is 354 g/mol. The summed E-state index contributed by atoms with van der Waals surface area (Å²) in [6, 6.07) is 13.8. The van der Waals surface area contributed by atoms with E-state index < -0.39 is 0 Å². The van der Waals surface area contributed by atoms with E-state index in [1.807, 2.05) is 36.4 Å². The van der Waals surface area contributed by atoms with Gasteiger partial charge in [0.2, 0.25) is 0 Å². The van der Waals surface area contributed by atoms with Crippen LogP contribution >= 0.6 is 11.6 Å². The van der Waals surface area contributed by atoms with Crippen LogP contribution in [0, 0.1) is 0 Å². The van der Waals surface area contributed by atoms with E-state index in [9.17, 15) is 0 Å². The highest BCUT2D eigenvalue weighted by Gasteiger charge is 2.16. The molecular weight excluding hydrogens is 334 g/mol. The first-order valence-electron chi connectivity index (χ1n) is 8.42. The number of furan rings is 1. The molecule has 0 saturated carbocycles. The summed E-state index contributed by atoms with van der Waals surface area (Å²) in [6.45, 7) is 1.91. The molecule has 25 heavy (non-hydrogen) atoms. The van der Waals surface area contributed by atoms with Crippen LogP contribution in [0.2, 0.25) is 5.02 Å². The number of halogens is 1. The number of rotatable bonds is 5. The number of anilines is 1. The van der Waals surface area contributed by atoms with Crippen molar-refractivity contribution in [2.45, 2.75) is 6.42 Å². The number of nitrogens with zero attached hydrogens (tertiary/aromatic N) is 2. The summed E-state index contributed by atoms with van der Waals surface area (Å²) >= 11 is 6.18. The zero-order valence-electron chi connectivity index (χ0n) is 14.3. The van der Waals surface area contributed by atoms with Crippen LogP contribution in [0.5, 0.6) is 0 Å². The molecule has 4 rings (SSSR count). The maximum atomic E-state index is 6.18. The van der Waals surface area contributed by atoms with Crippen molar-refractivity contribution in [1.82, 2.24) is 9.88 Å². The fraction of sp³-hybridized carbons (Fsp3) is 0.250. The summed E-state index contributed by atoms with van der Waals surface area (Å²) in [5.74, 6) is 0. The molecule has 0 aliphatic heterocycles. The Labute approximate surface area is 151 Å². The van der Waals surface area contributed by atoms with Crippen LogP contribution in [0.3, 0.4) is 0 Å². The van der Waals surface area contributed by atoms with Gasteiger partial charge in [-0.3, -0.25) is 0 Å². The molecule has 0 unspecified atom stereocenters. The van der Waals surface area contributed by atoms with Gasteiger partial charge in [-0.25, -0.2) is 4.98 Å². The number of aromatic nitrogens is 1. The molecule has 0 bridgehead atoms. The fourth-order valence-electron chi connectivity index (χ4n) is 3.15. The predicted octanol–water partition coefficient (Wildman–Crippen LogP) is 5.15. The number of para-hydroxylation sites is 1. The Hall–Kier alpha value is -2.30. The number of hydrogen-bond acceptors (Lipinski definition) is 4. The zero-order chi connectivity index (χ0) is 17.4. The molecule has 0 radical (unpaired) electrons. The van der Waals surface area contributed by atoms with Gasteiger partial charge in [0.05, 0.1) is 11.2 Å². The molecule has 2 heterocycles. The van der Waals surface area contributed by atoms with Gasteiger partial charge >= 0.3 is 0 Å². The second kappa shape index (κ2) is 6.54. The molecule has 128 valence electrons. The molecule has 0 aliphatic carbocycles. The van der Waals surface area contributed by atoms with E-state index in [1.54, 1.807) is 0 Å². The molecule has 0 saturated heterocycles. The first-order chi connectivity index (χ1) is 12.1. The quantitative estimate of drug-likeness (QED) is 0.504. The maximum absolute atomic E-state index is 6.18. The lowest BCUT2D eigenvalue weighted by molar-refractivity contribution is 0.405. The summed E-state index contributed by atoms with van der Waals surface area (Å²) in [4.78, 5) is 7.01. The SMILES string of the molecule is CN(C)CCCNc1c2ccccc2nc2c1oc1ccc(Cl)cc12. The number of pyridine rings is 1. The largest absolute Gasteiger partial charge is 0.452 e. The van der Waals surface area contributed by atoms with Crippen molar-refractivity contribution in [1.29, 1.82) is 0 Å². The number of nitrogens with one attached hydrogen (secondary N) is 1. The topological polar surface area (TPSA) is 41.3 Å². The van der Waals surface area contributed by atoms with Gasteiger partial charge < -0.3 is 14.6 Å². The van der Waals surface area contributed by atoms with E-state index in [-0.39, 0.29) is 0 Å². The second-order valence-electron chi connectivity index (χ2n) is 6.51. The van der Waals surface area contributed by atoms with Gasteiger partial charge in [-0.15, -0.1) is 0 Å². The summed E-state index contributed by atoms with van der Waals surface area (Å²) in [5, 5.41) is 6.28. The van der Waals surface area contributed by atoms with Gasteiger partial charge in [0.1, 0.15) is 11.1 Å². The van der Waals surface area contributed by atoms with Crippen molar-refractivity contribution >= 4 is 50.3 Å². The van der Waals surface area contributed by atoms with Gasteiger partial charge in [-0.2, -0.15) is 0 Å². The van der Waals surface area contributed by atoms with E-state index in [0.29, 0.717) is 5.02 Å². The van der Waals surface area contributed by atoms with Crippen LogP contribution in [-0.2, 0) is 0 Å². The lowest BCUT2D eigenvalue weighted by Crippen LogP contribution is -2.16. The number of benzene rings is 2. The lowest BCUT2D eigenvalue weighted by atomic mass is 10.1. The van der Waals surface area contributed by atoms with Gasteiger partial charge in [-0.05, 0) is 51.3 Å². The van der Waals surface area contributed by atoms with Crippen LogP contribution in [-0.4, -0.2) is 37.1 Å². The zero-order valence-corrected chi connectivity index (χ0v) is 15.1. The molecule has 1 N–H and O–H groups in total. The third-order valence-corrected chi connectivity index (χ3v) is 4.58. The fourth-order valence-corrected chi connectivity index (χ4v) is 3.32. The van der Waals surface area contributed by atoms with Crippen molar-refractivity contribution in [3.63, 3.8) is 0 Å². The van der Waals surface area contributed by atoms with Crippen molar-refractivity contribution in [2.24, 2.45) is 0 Å². The highest BCUT2D eigenvalue weighted by molar-refractivity contribution is 6.31. The monoisotopic (exact) mass is 353 g/mol. The molecular formula is C20H20ClN3O. The highest BCUT2D eigenvalue weighted by atomic mass is 35.5. The molecule has 5 heteroatoms. The van der Waals surface area contributed by atoms with Crippen molar-refractivity contribution in [3.8, 4) is 0 Å². The minimum absolute atomic E-state index is 0.686. The Morgan fingerprint density at radius 1 is 1.12 bits per heavy atom. The molecule has 0 amide bonds. The Bertz CT molecular complexity index is 1060. The van der Waals surface area contributed by atoms with Crippen LogP contribution in [0.15, 0.2) is 46.9 Å². The lowest BCUT2D eigenvalue weighted by Gasteiger charge is -2.12. The van der Waals surface area contributed by atoms with E-state index >= 15 is 0 Å². The smallest absolute Gasteiger partial charge is 0.177 e. The second-order valence-corrected chi connectivity index (χ2v) is 6.94. The molecule has 0 spiro atoms. The van der Waals surface area contributed by atoms with Crippen molar-refractivity contribution in [2.75, 3.05) is 32.5 Å². The summed E-state index contributed by atoms with van der Waals surface area (Å²) in [6.07, 6.45) is 1.05. The normalized spacial score (nSPS) is 11.8. The molecule has 2 aromatic heterocycles. The van der Waals surface area contributed by atoms with Gasteiger partial charge in [0.25, 0.3) is 0 Å².